The number of nitrogens with one attached hydrogen (secondary N) is 2. The first-order valence-electron chi connectivity index (χ1n) is 9.04. The Morgan fingerprint density at radius 1 is 1.03 bits per heavy atom. The van der Waals surface area contributed by atoms with E-state index in [9.17, 15) is 22.8 Å². The number of hydrogen-bond acceptors (Lipinski definition) is 3. The Balaban J connectivity index is 1.78. The molecule has 154 valence electrons. The zero-order valence-corrected chi connectivity index (χ0v) is 16.1. The zero-order valence-electron chi connectivity index (χ0n) is 16.1. The first-order chi connectivity index (χ1) is 13.6. The van der Waals surface area contributed by atoms with Crippen LogP contribution in [0.5, 0.6) is 0 Å². The number of amides is 2. The maximum atomic E-state index is 12.7. The van der Waals surface area contributed by atoms with E-state index in [0.29, 0.717) is 5.92 Å². The Hall–Kier alpha value is -3.16. The van der Waals surface area contributed by atoms with E-state index in [4.69, 9.17) is 0 Å². The van der Waals surface area contributed by atoms with Gasteiger partial charge in [0, 0.05) is 18.5 Å². The summed E-state index contributed by atoms with van der Waals surface area (Å²) in [6, 6.07) is 12.0. The van der Waals surface area contributed by atoms with Crippen molar-refractivity contribution in [1.82, 2.24) is 5.43 Å². The molecule has 0 aliphatic heterocycles. The number of hydrazone groups is 1. The van der Waals surface area contributed by atoms with Crippen molar-refractivity contribution in [2.75, 3.05) is 5.32 Å². The lowest BCUT2D eigenvalue weighted by Gasteiger charge is -2.09. The largest absolute Gasteiger partial charge is 0.416 e. The molecule has 0 heterocycles. The van der Waals surface area contributed by atoms with E-state index >= 15 is 0 Å². The van der Waals surface area contributed by atoms with Crippen molar-refractivity contribution in [2.45, 2.75) is 38.8 Å². The van der Waals surface area contributed by atoms with E-state index in [0.717, 1.165) is 17.7 Å². The highest BCUT2D eigenvalue weighted by molar-refractivity contribution is 5.93. The number of hydrogen-bond donors (Lipinski definition) is 2. The Bertz CT molecular complexity index is 875. The SMILES string of the molecule is CC(C)c1ccc(C=NNC(=O)CCC(=O)Nc2cccc(C(F)(F)F)c2)cc1. The van der Waals surface area contributed by atoms with Gasteiger partial charge in [-0.25, -0.2) is 5.43 Å². The van der Waals surface area contributed by atoms with E-state index in [2.05, 4.69) is 29.7 Å². The average Bonchev–Trinajstić information content (AvgIpc) is 2.66. The van der Waals surface area contributed by atoms with Crippen LogP contribution in [0, 0.1) is 0 Å². The van der Waals surface area contributed by atoms with Crippen molar-refractivity contribution < 1.29 is 22.8 Å². The van der Waals surface area contributed by atoms with E-state index in [1.54, 1.807) is 0 Å². The van der Waals surface area contributed by atoms with Gasteiger partial charge in [0.05, 0.1) is 11.8 Å². The van der Waals surface area contributed by atoms with Crippen LogP contribution in [-0.4, -0.2) is 18.0 Å². The highest BCUT2D eigenvalue weighted by Crippen LogP contribution is 2.30. The number of rotatable bonds is 7. The van der Waals surface area contributed by atoms with Gasteiger partial charge in [-0.3, -0.25) is 9.59 Å². The van der Waals surface area contributed by atoms with Crippen LogP contribution in [0.4, 0.5) is 18.9 Å². The molecule has 0 bridgehead atoms. The minimum Gasteiger partial charge on any atom is -0.326 e. The van der Waals surface area contributed by atoms with Gasteiger partial charge in [0.2, 0.25) is 11.8 Å². The number of benzene rings is 2. The molecule has 2 N–H and O–H groups in total. The molecule has 2 rings (SSSR count). The Morgan fingerprint density at radius 2 is 1.69 bits per heavy atom. The van der Waals surface area contributed by atoms with Crippen LogP contribution < -0.4 is 10.7 Å². The van der Waals surface area contributed by atoms with Crippen LogP contribution in [0.1, 0.15) is 49.3 Å². The molecule has 0 atom stereocenters. The van der Waals surface area contributed by atoms with Crippen molar-refractivity contribution in [1.29, 1.82) is 0 Å². The van der Waals surface area contributed by atoms with Crippen molar-refractivity contribution in [2.24, 2.45) is 5.10 Å². The second-order valence-electron chi connectivity index (χ2n) is 6.74. The fourth-order valence-electron chi connectivity index (χ4n) is 2.43. The summed E-state index contributed by atoms with van der Waals surface area (Å²) in [4.78, 5) is 23.6. The Morgan fingerprint density at radius 3 is 2.31 bits per heavy atom. The van der Waals surface area contributed by atoms with Crippen LogP contribution >= 0.6 is 0 Å². The monoisotopic (exact) mass is 405 g/mol. The predicted molar refractivity (Wildman–Crippen MR) is 106 cm³/mol. The molecule has 0 aliphatic carbocycles. The fourth-order valence-corrected chi connectivity index (χ4v) is 2.43. The Kier molecular flexibility index (Phi) is 7.52. The van der Waals surface area contributed by atoms with Gasteiger partial charge >= 0.3 is 6.18 Å². The molecule has 2 aromatic rings. The third kappa shape index (κ3) is 7.40. The molecule has 29 heavy (non-hydrogen) atoms. The number of halogens is 3. The normalized spacial score (nSPS) is 11.7. The molecule has 2 aromatic carbocycles. The average molecular weight is 405 g/mol. The van der Waals surface area contributed by atoms with E-state index in [1.807, 2.05) is 24.3 Å². The summed E-state index contributed by atoms with van der Waals surface area (Å²) >= 11 is 0. The molecule has 0 fully saturated rings. The Labute approximate surface area is 167 Å². The fraction of sp³-hybridized carbons (Fsp3) is 0.286. The molecular formula is C21H22F3N3O2. The van der Waals surface area contributed by atoms with Crippen molar-refractivity contribution >= 4 is 23.7 Å². The predicted octanol–water partition coefficient (Wildman–Crippen LogP) is 4.70. The number of nitrogens with zero attached hydrogens (tertiary/aromatic N) is 1. The summed E-state index contributed by atoms with van der Waals surface area (Å²) in [5.41, 5.74) is 3.49. The second kappa shape index (κ2) is 9.86. The molecule has 8 heteroatoms. The smallest absolute Gasteiger partial charge is 0.326 e. The van der Waals surface area contributed by atoms with Crippen LogP contribution in [0.25, 0.3) is 0 Å². The first kappa shape index (κ1) is 22.1. The summed E-state index contributed by atoms with van der Waals surface area (Å²) < 4.78 is 38.0. The second-order valence-corrected chi connectivity index (χ2v) is 6.74. The molecule has 0 saturated heterocycles. The van der Waals surface area contributed by atoms with Crippen LogP contribution in [0.2, 0.25) is 0 Å². The summed E-state index contributed by atoms with van der Waals surface area (Å²) in [6.45, 7) is 4.18. The van der Waals surface area contributed by atoms with Gasteiger partial charge in [-0.15, -0.1) is 0 Å². The van der Waals surface area contributed by atoms with Crippen molar-refractivity contribution in [3.05, 3.63) is 65.2 Å². The highest BCUT2D eigenvalue weighted by atomic mass is 19.4. The molecule has 0 aliphatic rings. The van der Waals surface area contributed by atoms with Gasteiger partial charge in [-0.2, -0.15) is 18.3 Å². The molecule has 5 nitrogen and oxygen atoms in total. The molecule has 0 spiro atoms. The molecule has 0 saturated carbocycles. The maximum absolute atomic E-state index is 12.7. The van der Waals surface area contributed by atoms with Gasteiger partial charge in [-0.05, 0) is 35.2 Å². The molecular weight excluding hydrogens is 383 g/mol. The summed E-state index contributed by atoms with van der Waals surface area (Å²) in [6.07, 6.45) is -3.33. The molecule has 2 amide bonds. The van der Waals surface area contributed by atoms with E-state index < -0.39 is 23.6 Å². The van der Waals surface area contributed by atoms with E-state index in [-0.39, 0.29) is 18.5 Å². The summed E-state index contributed by atoms with van der Waals surface area (Å²) in [7, 11) is 0. The van der Waals surface area contributed by atoms with Crippen molar-refractivity contribution in [3.8, 4) is 0 Å². The van der Waals surface area contributed by atoms with Crippen LogP contribution in [0.15, 0.2) is 53.6 Å². The highest BCUT2D eigenvalue weighted by Gasteiger charge is 2.30. The lowest BCUT2D eigenvalue weighted by molar-refractivity contribution is -0.137. The van der Waals surface area contributed by atoms with Gasteiger partial charge in [-0.1, -0.05) is 44.2 Å². The topological polar surface area (TPSA) is 70.6 Å². The minimum atomic E-state index is -4.49. The standard InChI is InChI=1S/C21H22F3N3O2/c1-14(2)16-8-6-15(7-9-16)13-25-27-20(29)11-10-19(28)26-18-5-3-4-17(12-18)21(22,23)24/h3-9,12-14H,10-11H2,1-2H3,(H,26,28)(H,27,29). The summed E-state index contributed by atoms with van der Waals surface area (Å²) in [5, 5.41) is 6.18. The van der Waals surface area contributed by atoms with Crippen LogP contribution in [-0.2, 0) is 15.8 Å². The quantitative estimate of drug-likeness (QED) is 0.518. The van der Waals surface area contributed by atoms with Gasteiger partial charge in [0.25, 0.3) is 0 Å². The van der Waals surface area contributed by atoms with Gasteiger partial charge < -0.3 is 5.32 Å². The maximum Gasteiger partial charge on any atom is 0.416 e. The lowest BCUT2D eigenvalue weighted by atomic mass is 10.0. The molecule has 0 unspecified atom stereocenters. The number of carbonyl (C=O) groups is 2. The third-order valence-electron chi connectivity index (χ3n) is 4.06. The third-order valence-corrected chi connectivity index (χ3v) is 4.06. The van der Waals surface area contributed by atoms with Crippen molar-refractivity contribution in [3.63, 3.8) is 0 Å². The van der Waals surface area contributed by atoms with Gasteiger partial charge in [0.1, 0.15) is 0 Å². The molecule has 0 radical (unpaired) electrons. The minimum absolute atomic E-state index is 0.0214. The number of anilines is 1. The lowest BCUT2D eigenvalue weighted by Crippen LogP contribution is -2.20. The zero-order chi connectivity index (χ0) is 21.4. The number of alkyl halides is 3. The van der Waals surface area contributed by atoms with E-state index in [1.165, 1.54) is 23.9 Å². The molecule has 0 aromatic heterocycles. The first-order valence-corrected chi connectivity index (χ1v) is 9.04. The van der Waals surface area contributed by atoms with Crippen LogP contribution in [0.3, 0.4) is 0 Å². The number of carbonyl (C=O) groups excluding carboxylic acids is 2. The van der Waals surface area contributed by atoms with Gasteiger partial charge in [0.15, 0.2) is 0 Å². The summed E-state index contributed by atoms with van der Waals surface area (Å²) in [5.74, 6) is -0.616.